The first-order valence-electron chi connectivity index (χ1n) is 9.52. The van der Waals surface area contributed by atoms with Crippen molar-refractivity contribution in [2.24, 2.45) is 5.92 Å². The number of fused-ring (bicyclic) bond motifs is 1. The van der Waals surface area contributed by atoms with Crippen LogP contribution in [0.1, 0.15) is 16.9 Å². The van der Waals surface area contributed by atoms with Crippen molar-refractivity contribution in [3.63, 3.8) is 0 Å². The number of carbonyl (C=O) groups is 1. The molecule has 2 fully saturated rings. The van der Waals surface area contributed by atoms with Gasteiger partial charge in [-0.3, -0.25) is 9.89 Å². The van der Waals surface area contributed by atoms with Gasteiger partial charge in [-0.05, 0) is 30.7 Å². The minimum absolute atomic E-state index is 0.167. The number of aromatic nitrogens is 2. The minimum atomic E-state index is -0.251. The summed E-state index contributed by atoms with van der Waals surface area (Å²) in [5.74, 6) is 0.204. The lowest BCUT2D eigenvalue weighted by atomic mass is 10.1. The zero-order chi connectivity index (χ0) is 19.8. The van der Waals surface area contributed by atoms with Crippen LogP contribution in [0, 0.1) is 17.4 Å². The fourth-order valence-electron chi connectivity index (χ4n) is 4.01. The van der Waals surface area contributed by atoms with Gasteiger partial charge in [0.2, 0.25) is 0 Å². The number of rotatable bonds is 5. The molecule has 29 heavy (non-hydrogen) atoms. The largest absolute Gasteiger partial charge is 0.343 e. The molecule has 5 rings (SSSR count). The highest BCUT2D eigenvalue weighted by Crippen LogP contribution is 2.49. The van der Waals surface area contributed by atoms with E-state index in [1.54, 1.807) is 22.7 Å². The molecule has 7 heteroatoms. The maximum absolute atomic E-state index is 12.8. The Labute approximate surface area is 172 Å². The molecule has 2 atom stereocenters. The van der Waals surface area contributed by atoms with Crippen LogP contribution >= 0.6 is 11.8 Å². The van der Waals surface area contributed by atoms with Crippen molar-refractivity contribution >= 4 is 17.7 Å². The average molecular weight is 401 g/mol. The Bertz CT molecular complexity index is 1110. The summed E-state index contributed by atoms with van der Waals surface area (Å²) in [6.07, 6.45) is 3.11. The van der Waals surface area contributed by atoms with Crippen LogP contribution in [0.5, 0.6) is 0 Å². The highest BCUT2D eigenvalue weighted by molar-refractivity contribution is 7.99. The Kier molecular flexibility index (Phi) is 4.29. The van der Waals surface area contributed by atoms with Gasteiger partial charge in [-0.2, -0.15) is 10.4 Å². The van der Waals surface area contributed by atoms with E-state index in [0.29, 0.717) is 18.2 Å². The van der Waals surface area contributed by atoms with E-state index in [1.807, 2.05) is 36.4 Å². The lowest BCUT2D eigenvalue weighted by Crippen LogP contribution is -2.41. The van der Waals surface area contributed by atoms with Crippen molar-refractivity contribution in [1.29, 1.82) is 5.26 Å². The molecule has 0 spiro atoms. The number of carbonyl (C=O) groups excluding carboxylic acids is 1. The van der Waals surface area contributed by atoms with Gasteiger partial charge in [0.1, 0.15) is 5.69 Å². The van der Waals surface area contributed by atoms with Gasteiger partial charge in [0.05, 0.1) is 17.8 Å². The van der Waals surface area contributed by atoms with Crippen LogP contribution in [0.25, 0.3) is 11.3 Å². The third kappa shape index (κ3) is 3.36. The van der Waals surface area contributed by atoms with E-state index in [0.717, 1.165) is 34.0 Å². The number of likely N-dealkylation sites (tertiary alicyclic amines) is 1. The van der Waals surface area contributed by atoms with Gasteiger partial charge in [0.15, 0.2) is 6.19 Å². The van der Waals surface area contributed by atoms with E-state index in [-0.39, 0.29) is 11.4 Å². The molecular formula is C22H19N5OS. The first-order chi connectivity index (χ1) is 14.2. The molecular weight excluding hydrogens is 382 g/mol. The van der Waals surface area contributed by atoms with Crippen LogP contribution in [-0.2, 0) is 0 Å². The lowest BCUT2D eigenvalue weighted by molar-refractivity contribution is 0.0924. The monoisotopic (exact) mass is 401 g/mol. The molecule has 3 aromatic rings. The van der Waals surface area contributed by atoms with E-state index in [9.17, 15) is 4.79 Å². The van der Waals surface area contributed by atoms with Gasteiger partial charge < -0.3 is 10.2 Å². The van der Waals surface area contributed by atoms with Crippen molar-refractivity contribution in [2.75, 3.05) is 13.1 Å². The molecule has 0 radical (unpaired) electrons. The lowest BCUT2D eigenvalue weighted by Gasteiger charge is -2.16. The van der Waals surface area contributed by atoms with Gasteiger partial charge in [-0.15, -0.1) is 0 Å². The van der Waals surface area contributed by atoms with Crippen molar-refractivity contribution in [1.82, 2.24) is 20.4 Å². The second-order valence-electron chi connectivity index (χ2n) is 7.57. The Hall–Kier alpha value is -3.24. The number of benzene rings is 2. The summed E-state index contributed by atoms with van der Waals surface area (Å²) in [5.41, 5.74) is 1.91. The molecule has 2 aromatic carbocycles. The van der Waals surface area contributed by atoms with Crippen LogP contribution < -0.4 is 5.32 Å². The highest BCUT2D eigenvalue weighted by atomic mass is 32.2. The summed E-state index contributed by atoms with van der Waals surface area (Å²) >= 11 is 1.67. The highest BCUT2D eigenvalue weighted by Gasteiger charge is 2.61. The van der Waals surface area contributed by atoms with E-state index in [4.69, 9.17) is 5.26 Å². The summed E-state index contributed by atoms with van der Waals surface area (Å²) in [5, 5.41) is 19.5. The van der Waals surface area contributed by atoms with Crippen LogP contribution in [0.4, 0.5) is 0 Å². The molecule has 1 saturated carbocycles. The van der Waals surface area contributed by atoms with Crippen molar-refractivity contribution < 1.29 is 4.79 Å². The van der Waals surface area contributed by atoms with E-state index >= 15 is 0 Å². The number of nitrogens with one attached hydrogen (secondary N) is 2. The summed E-state index contributed by atoms with van der Waals surface area (Å²) in [6, 6.07) is 20.0. The molecule has 1 saturated heterocycles. The van der Waals surface area contributed by atoms with Gasteiger partial charge >= 0.3 is 0 Å². The number of aromatic amines is 1. The Morgan fingerprint density at radius 1 is 1.24 bits per heavy atom. The zero-order valence-corrected chi connectivity index (χ0v) is 16.4. The third-order valence-electron chi connectivity index (χ3n) is 5.61. The Balaban J connectivity index is 1.35. The smallest absolute Gasteiger partial charge is 0.269 e. The maximum Gasteiger partial charge on any atom is 0.269 e. The summed E-state index contributed by atoms with van der Waals surface area (Å²) in [7, 11) is 0. The number of nitrogens with zero attached hydrogens (tertiary/aromatic N) is 3. The Morgan fingerprint density at radius 2 is 2.03 bits per heavy atom. The normalized spacial score (nSPS) is 22.0. The molecule has 2 heterocycles. The number of amides is 1. The maximum atomic E-state index is 12.8. The number of hydrogen-bond acceptors (Lipinski definition) is 5. The van der Waals surface area contributed by atoms with Crippen molar-refractivity contribution in [3.8, 4) is 17.5 Å². The van der Waals surface area contributed by atoms with Gasteiger partial charge in [-0.25, -0.2) is 0 Å². The standard InChI is InChI=1S/C22H19N5OS/c23-14-27-12-15-11-22(15,13-27)24-21(28)19-10-18(25-26-19)17-8-4-5-9-20(17)29-16-6-2-1-3-7-16/h1-10,15H,11-13H2,(H,24,28)(H,25,26)/t15?,22-/m0/s1. The zero-order valence-electron chi connectivity index (χ0n) is 15.6. The molecule has 1 aliphatic carbocycles. The second kappa shape index (κ2) is 6.98. The van der Waals surface area contributed by atoms with E-state index in [1.165, 1.54) is 0 Å². The summed E-state index contributed by atoms with van der Waals surface area (Å²) in [4.78, 5) is 16.7. The molecule has 6 nitrogen and oxygen atoms in total. The summed E-state index contributed by atoms with van der Waals surface area (Å²) < 4.78 is 0. The van der Waals surface area contributed by atoms with Crippen molar-refractivity contribution in [3.05, 3.63) is 66.4 Å². The first kappa shape index (κ1) is 17.8. The average Bonchev–Trinajstić information content (AvgIpc) is 3.10. The fraction of sp³-hybridized carbons (Fsp3) is 0.227. The van der Waals surface area contributed by atoms with Gasteiger partial charge in [0.25, 0.3) is 5.91 Å². The number of H-pyrrole nitrogens is 1. The number of piperidine rings is 1. The molecule has 1 unspecified atom stereocenters. The van der Waals surface area contributed by atoms with Crippen molar-refractivity contribution in [2.45, 2.75) is 21.8 Å². The quantitative estimate of drug-likeness (QED) is 0.639. The molecule has 144 valence electrons. The number of nitriles is 1. The molecule has 0 bridgehead atoms. The SMILES string of the molecule is N#CN1CC2C[C@]2(NC(=O)c2cc(-c3ccccc3Sc3ccccc3)n[nH]2)C1. The van der Waals surface area contributed by atoms with Crippen LogP contribution in [0.3, 0.4) is 0 Å². The van der Waals surface area contributed by atoms with Crippen LogP contribution in [0.2, 0.25) is 0 Å². The van der Waals surface area contributed by atoms with Gasteiger partial charge in [-0.1, -0.05) is 48.2 Å². The van der Waals surface area contributed by atoms with Crippen LogP contribution in [-0.4, -0.2) is 39.6 Å². The first-order valence-corrected chi connectivity index (χ1v) is 10.3. The molecule has 1 aliphatic heterocycles. The fourth-order valence-corrected chi connectivity index (χ4v) is 4.98. The van der Waals surface area contributed by atoms with E-state index in [2.05, 4.69) is 39.9 Å². The third-order valence-corrected chi connectivity index (χ3v) is 6.69. The van der Waals surface area contributed by atoms with E-state index < -0.39 is 0 Å². The second-order valence-corrected chi connectivity index (χ2v) is 8.69. The molecule has 1 amide bonds. The number of hydrogen-bond donors (Lipinski definition) is 2. The predicted octanol–water partition coefficient (Wildman–Crippen LogP) is 3.51. The van der Waals surface area contributed by atoms with Gasteiger partial charge in [0, 0.05) is 27.8 Å². The molecule has 2 aliphatic rings. The topological polar surface area (TPSA) is 84.8 Å². The molecule has 2 N–H and O–H groups in total. The summed E-state index contributed by atoms with van der Waals surface area (Å²) in [6.45, 7) is 1.33. The minimum Gasteiger partial charge on any atom is -0.343 e. The molecule has 1 aromatic heterocycles. The Morgan fingerprint density at radius 3 is 2.83 bits per heavy atom. The van der Waals surface area contributed by atoms with Crippen LogP contribution in [0.15, 0.2) is 70.5 Å². The predicted molar refractivity (Wildman–Crippen MR) is 110 cm³/mol.